The zero-order valence-electron chi connectivity index (χ0n) is 22.3. The molecule has 2 aromatic carbocycles. The van der Waals surface area contributed by atoms with Gasteiger partial charge in [-0.3, -0.25) is 4.79 Å². The fraction of sp³-hybridized carbons (Fsp3) is 0.400. The van der Waals surface area contributed by atoms with Gasteiger partial charge in [-0.2, -0.15) is 0 Å². The number of nitrogens with zero attached hydrogens (tertiary/aromatic N) is 4. The number of ether oxygens (including phenoxy) is 1. The quantitative estimate of drug-likeness (QED) is 0.390. The van der Waals surface area contributed by atoms with Crippen LogP contribution in [0.4, 0.5) is 5.82 Å². The van der Waals surface area contributed by atoms with E-state index in [-0.39, 0.29) is 29.9 Å². The van der Waals surface area contributed by atoms with Gasteiger partial charge < -0.3 is 24.6 Å². The molecular weight excluding hydrogens is 494 g/mol. The third-order valence-electron chi connectivity index (χ3n) is 7.83. The second-order valence-corrected chi connectivity index (χ2v) is 10.4. The minimum Gasteiger partial charge on any atom is -0.393 e. The van der Waals surface area contributed by atoms with Crippen molar-refractivity contribution in [2.45, 2.75) is 57.7 Å². The molecule has 0 spiro atoms. The van der Waals surface area contributed by atoms with Crippen LogP contribution in [0.2, 0.25) is 0 Å². The summed E-state index contributed by atoms with van der Waals surface area (Å²) in [4.78, 5) is 25.4. The van der Waals surface area contributed by atoms with Crippen molar-refractivity contribution in [2.24, 2.45) is 0 Å². The molecule has 1 saturated carbocycles. The molecule has 1 atom stereocenters. The molecule has 39 heavy (non-hydrogen) atoms. The summed E-state index contributed by atoms with van der Waals surface area (Å²) in [5.41, 5.74) is 4.41. The molecule has 0 radical (unpaired) electrons. The average molecular weight is 528 g/mol. The Balaban J connectivity index is 1.50. The van der Waals surface area contributed by atoms with E-state index >= 15 is 0 Å². The minimum absolute atomic E-state index is 0.00209. The first-order valence-electron chi connectivity index (χ1n) is 13.6. The SMILES string of the molecule is Cc1noc(C)c1-c1cccc2nc(C(=O)N[C@H]3CC[C@H](O)CC3)nc(N3CCOC[C@@H]3c3ccccc3)c12. The summed E-state index contributed by atoms with van der Waals surface area (Å²) >= 11 is 0. The Kier molecular flexibility index (Phi) is 7.01. The van der Waals surface area contributed by atoms with Gasteiger partial charge in [0.05, 0.1) is 42.0 Å². The fourth-order valence-corrected chi connectivity index (χ4v) is 5.83. The Bertz CT molecular complexity index is 1460. The summed E-state index contributed by atoms with van der Waals surface area (Å²) in [5, 5.41) is 18.0. The molecule has 1 saturated heterocycles. The van der Waals surface area contributed by atoms with Crippen LogP contribution in [-0.2, 0) is 4.74 Å². The van der Waals surface area contributed by atoms with Gasteiger partial charge in [-0.25, -0.2) is 9.97 Å². The summed E-state index contributed by atoms with van der Waals surface area (Å²) in [6, 6.07) is 16.1. The van der Waals surface area contributed by atoms with E-state index in [0.717, 1.165) is 40.6 Å². The molecule has 9 heteroatoms. The molecular formula is C30H33N5O4. The van der Waals surface area contributed by atoms with Gasteiger partial charge in [-0.1, -0.05) is 47.6 Å². The van der Waals surface area contributed by atoms with Gasteiger partial charge >= 0.3 is 0 Å². The molecule has 6 rings (SSSR count). The lowest BCUT2D eigenvalue weighted by atomic mass is 9.93. The Morgan fingerprint density at radius 3 is 2.56 bits per heavy atom. The van der Waals surface area contributed by atoms with Crippen molar-refractivity contribution < 1.29 is 19.2 Å². The topological polar surface area (TPSA) is 114 Å². The second kappa shape index (κ2) is 10.7. The number of carbonyl (C=O) groups is 1. The van der Waals surface area contributed by atoms with Crippen LogP contribution in [0.1, 0.15) is 59.4 Å². The highest BCUT2D eigenvalue weighted by Gasteiger charge is 2.31. The third kappa shape index (κ3) is 4.99. The number of benzene rings is 2. The number of aromatic nitrogens is 3. The van der Waals surface area contributed by atoms with E-state index in [1.54, 1.807) is 0 Å². The van der Waals surface area contributed by atoms with E-state index in [0.29, 0.717) is 49.7 Å². The number of carbonyl (C=O) groups excluding carboxylic acids is 1. The zero-order valence-corrected chi connectivity index (χ0v) is 22.3. The monoisotopic (exact) mass is 527 g/mol. The zero-order chi connectivity index (χ0) is 26.9. The number of rotatable bonds is 5. The van der Waals surface area contributed by atoms with Crippen molar-refractivity contribution in [1.82, 2.24) is 20.4 Å². The van der Waals surface area contributed by atoms with Gasteiger partial charge in [0.1, 0.15) is 11.6 Å². The number of nitrogens with one attached hydrogen (secondary N) is 1. The number of hydrogen-bond acceptors (Lipinski definition) is 8. The first-order valence-corrected chi connectivity index (χ1v) is 13.6. The van der Waals surface area contributed by atoms with Crippen LogP contribution < -0.4 is 10.2 Å². The van der Waals surface area contributed by atoms with Crippen LogP contribution in [0.3, 0.4) is 0 Å². The molecule has 1 aliphatic heterocycles. The summed E-state index contributed by atoms with van der Waals surface area (Å²) in [5.74, 6) is 1.25. The lowest BCUT2D eigenvalue weighted by Gasteiger charge is -2.37. The van der Waals surface area contributed by atoms with E-state index in [1.807, 2.05) is 50.2 Å². The number of amides is 1. The molecule has 2 N–H and O–H groups in total. The number of morpholine rings is 1. The van der Waals surface area contributed by atoms with Crippen LogP contribution in [0, 0.1) is 13.8 Å². The molecule has 0 bridgehead atoms. The maximum atomic E-state index is 13.5. The summed E-state index contributed by atoms with van der Waals surface area (Å²) < 4.78 is 11.4. The van der Waals surface area contributed by atoms with Gasteiger partial charge in [0.2, 0.25) is 5.82 Å². The molecule has 1 aliphatic carbocycles. The molecule has 202 valence electrons. The predicted octanol–water partition coefficient (Wildman–Crippen LogP) is 4.51. The number of hydrogen-bond donors (Lipinski definition) is 2. The Morgan fingerprint density at radius 2 is 1.82 bits per heavy atom. The largest absolute Gasteiger partial charge is 0.393 e. The Hall–Kier alpha value is -3.82. The Labute approximate surface area is 227 Å². The Morgan fingerprint density at radius 1 is 1.03 bits per heavy atom. The number of aryl methyl sites for hydroxylation is 2. The average Bonchev–Trinajstić information content (AvgIpc) is 3.31. The molecule has 1 amide bonds. The maximum absolute atomic E-state index is 13.5. The van der Waals surface area contributed by atoms with E-state index in [2.05, 4.69) is 27.5 Å². The molecule has 2 fully saturated rings. The summed E-state index contributed by atoms with van der Waals surface area (Å²) in [7, 11) is 0. The number of aliphatic hydroxyl groups is 1. The maximum Gasteiger partial charge on any atom is 0.289 e. The van der Waals surface area contributed by atoms with Crippen molar-refractivity contribution >= 4 is 22.6 Å². The highest BCUT2D eigenvalue weighted by molar-refractivity contribution is 6.05. The number of fused-ring (bicyclic) bond motifs is 1. The van der Waals surface area contributed by atoms with Gasteiger partial charge in [-0.15, -0.1) is 0 Å². The summed E-state index contributed by atoms with van der Waals surface area (Å²) in [6.45, 7) is 5.50. The first kappa shape index (κ1) is 25.5. The molecule has 3 heterocycles. The minimum atomic E-state index is -0.299. The molecule has 0 unspecified atom stereocenters. The van der Waals surface area contributed by atoms with Gasteiger partial charge in [0.25, 0.3) is 5.91 Å². The van der Waals surface area contributed by atoms with E-state index < -0.39 is 0 Å². The molecule has 4 aromatic rings. The second-order valence-electron chi connectivity index (χ2n) is 10.4. The van der Waals surface area contributed by atoms with E-state index in [1.165, 1.54) is 0 Å². The predicted molar refractivity (Wildman–Crippen MR) is 148 cm³/mol. The van der Waals surface area contributed by atoms with Crippen LogP contribution in [0.25, 0.3) is 22.0 Å². The normalized spacial score (nSPS) is 21.7. The van der Waals surface area contributed by atoms with Crippen molar-refractivity contribution in [2.75, 3.05) is 24.7 Å². The van der Waals surface area contributed by atoms with Gasteiger partial charge in [0.15, 0.2) is 0 Å². The van der Waals surface area contributed by atoms with E-state index in [9.17, 15) is 9.90 Å². The standard InChI is InChI=1S/C30H33N5O4/c1-18-26(19(2)39-34-18)23-9-6-10-24-27(23)29(35-15-16-38-17-25(35)20-7-4-3-5-8-20)33-28(32-24)30(37)31-21-11-13-22(36)14-12-21/h3-10,21-22,25,36H,11-17H2,1-2H3,(H,31,37)/t21-,22-,25-/m1/s1. The summed E-state index contributed by atoms with van der Waals surface area (Å²) in [6.07, 6.45) is 2.55. The van der Waals surface area contributed by atoms with Crippen LogP contribution in [0.5, 0.6) is 0 Å². The van der Waals surface area contributed by atoms with Crippen LogP contribution >= 0.6 is 0 Å². The molecule has 2 aliphatic rings. The van der Waals surface area contributed by atoms with E-state index in [4.69, 9.17) is 19.2 Å². The molecule has 2 aromatic heterocycles. The number of anilines is 1. The number of aliphatic hydroxyl groups excluding tert-OH is 1. The highest BCUT2D eigenvalue weighted by atomic mass is 16.5. The lowest BCUT2D eigenvalue weighted by molar-refractivity contribution is 0.0857. The first-order chi connectivity index (χ1) is 19.0. The highest BCUT2D eigenvalue weighted by Crippen LogP contribution is 2.40. The third-order valence-corrected chi connectivity index (χ3v) is 7.83. The van der Waals surface area contributed by atoms with Gasteiger partial charge in [0, 0.05) is 23.7 Å². The van der Waals surface area contributed by atoms with Gasteiger partial charge in [-0.05, 0) is 51.2 Å². The van der Waals surface area contributed by atoms with Crippen molar-refractivity contribution in [3.05, 3.63) is 71.4 Å². The fourth-order valence-electron chi connectivity index (χ4n) is 5.83. The van der Waals surface area contributed by atoms with Crippen LogP contribution in [0.15, 0.2) is 53.1 Å². The lowest BCUT2D eigenvalue weighted by Crippen LogP contribution is -2.41. The van der Waals surface area contributed by atoms with Crippen molar-refractivity contribution in [3.63, 3.8) is 0 Å². The van der Waals surface area contributed by atoms with Crippen molar-refractivity contribution in [3.8, 4) is 11.1 Å². The van der Waals surface area contributed by atoms with Crippen LogP contribution in [-0.4, -0.2) is 58.0 Å². The van der Waals surface area contributed by atoms with Crippen molar-refractivity contribution in [1.29, 1.82) is 0 Å². The smallest absolute Gasteiger partial charge is 0.289 e. The molecule has 9 nitrogen and oxygen atoms in total.